The van der Waals surface area contributed by atoms with E-state index in [4.69, 9.17) is 25.8 Å². The molecule has 0 radical (unpaired) electrons. The topological polar surface area (TPSA) is 89.3 Å². The molecule has 0 bridgehead atoms. The molecule has 1 spiro atoms. The molecule has 4 rings (SSSR count). The van der Waals surface area contributed by atoms with E-state index < -0.39 is 35.0 Å². The molecule has 1 N–H and O–H groups in total. The molecule has 28 heavy (non-hydrogen) atoms. The van der Waals surface area contributed by atoms with Crippen LogP contribution in [-0.2, 0) is 23.8 Å². The predicted octanol–water partition coefficient (Wildman–Crippen LogP) is 0.509. The molecular formula is C20H30ClNO6. The van der Waals surface area contributed by atoms with Gasteiger partial charge in [0.05, 0.1) is 47.6 Å². The molecule has 2 saturated heterocycles. The summed E-state index contributed by atoms with van der Waals surface area (Å²) in [6.45, 7) is 3.78. The quantitative estimate of drug-likeness (QED) is 0.401. The van der Waals surface area contributed by atoms with E-state index in [2.05, 4.69) is 0 Å². The van der Waals surface area contributed by atoms with Crippen molar-refractivity contribution in [2.24, 2.45) is 17.8 Å². The van der Waals surface area contributed by atoms with E-state index >= 15 is 0 Å². The van der Waals surface area contributed by atoms with Crippen LogP contribution in [0, 0.1) is 23.0 Å². The minimum Gasteiger partial charge on any atom is -0.634 e. The Morgan fingerprint density at radius 2 is 1.79 bits per heavy atom. The van der Waals surface area contributed by atoms with Crippen LogP contribution in [0.15, 0.2) is 0 Å². The fourth-order valence-corrected chi connectivity index (χ4v) is 6.52. The van der Waals surface area contributed by atoms with Gasteiger partial charge in [-0.05, 0) is 13.3 Å². The molecule has 0 amide bonds. The molecule has 0 aromatic carbocycles. The lowest BCUT2D eigenvalue weighted by Crippen LogP contribution is -3.17. The van der Waals surface area contributed by atoms with Crippen molar-refractivity contribution in [3.05, 3.63) is 5.21 Å². The zero-order valence-electron chi connectivity index (χ0n) is 16.9. The molecule has 9 unspecified atom stereocenters. The third-order valence-corrected chi connectivity index (χ3v) is 8.27. The highest BCUT2D eigenvalue weighted by Gasteiger charge is 2.70. The number of ether oxygens (including phenoxy) is 3. The lowest BCUT2D eigenvalue weighted by molar-refractivity contribution is -0.910. The lowest BCUT2D eigenvalue weighted by atomic mass is 9.62. The van der Waals surface area contributed by atoms with Gasteiger partial charge in [-0.1, -0.05) is 6.92 Å². The van der Waals surface area contributed by atoms with Gasteiger partial charge in [0, 0.05) is 39.4 Å². The molecule has 4 fully saturated rings. The van der Waals surface area contributed by atoms with Crippen molar-refractivity contribution in [1.29, 1.82) is 0 Å². The Labute approximate surface area is 170 Å². The molecule has 2 aliphatic heterocycles. The molecule has 7 nitrogen and oxygen atoms in total. The number of ketones is 2. The average molecular weight is 416 g/mol. The van der Waals surface area contributed by atoms with E-state index in [0.717, 1.165) is 0 Å². The van der Waals surface area contributed by atoms with Gasteiger partial charge in [-0.15, -0.1) is 11.6 Å². The smallest absolute Gasteiger partial charge is 0.188 e. The summed E-state index contributed by atoms with van der Waals surface area (Å²) in [5.41, 5.74) is -1.51. The molecular weight excluding hydrogens is 386 g/mol. The number of Topliss-reactive ketones (excluding diaryl/α,β-unsaturated/α-hetero) is 2. The number of fused-ring (bicyclic) bond motifs is 2. The Morgan fingerprint density at radius 1 is 1.11 bits per heavy atom. The average Bonchev–Trinajstić information content (AvgIpc) is 2.99. The van der Waals surface area contributed by atoms with Gasteiger partial charge >= 0.3 is 0 Å². The number of halogens is 1. The fraction of sp³-hybridized carbons (Fsp3) is 0.900. The summed E-state index contributed by atoms with van der Waals surface area (Å²) in [6, 6.07) is -0.321. The molecule has 11 atom stereocenters. The monoisotopic (exact) mass is 415 g/mol. The zero-order valence-corrected chi connectivity index (χ0v) is 17.6. The van der Waals surface area contributed by atoms with Crippen molar-refractivity contribution >= 4 is 23.2 Å². The number of carbonyl (C=O) groups excluding carboxylic acids is 2. The third-order valence-electron chi connectivity index (χ3n) is 7.74. The van der Waals surface area contributed by atoms with Gasteiger partial charge in [0.15, 0.2) is 17.2 Å². The number of nitrogens with one attached hydrogen (secondary N) is 1. The fourth-order valence-electron chi connectivity index (χ4n) is 6.11. The molecule has 0 aromatic heterocycles. The van der Waals surface area contributed by atoms with Crippen LogP contribution >= 0.6 is 11.6 Å². The highest BCUT2D eigenvalue weighted by atomic mass is 35.5. The molecule has 0 aromatic rings. The number of hydrogen-bond acceptors (Lipinski definition) is 6. The summed E-state index contributed by atoms with van der Waals surface area (Å²) in [5.74, 6) is -1.82. The maximum atomic E-state index is 13.7. The predicted molar refractivity (Wildman–Crippen MR) is 101 cm³/mol. The first kappa shape index (κ1) is 20.7. The highest BCUT2D eigenvalue weighted by Crippen LogP contribution is 2.51. The molecule has 2 aliphatic carbocycles. The van der Waals surface area contributed by atoms with Gasteiger partial charge in [-0.3, -0.25) is 9.59 Å². The van der Waals surface area contributed by atoms with Crippen molar-refractivity contribution in [2.45, 2.75) is 80.9 Å². The number of quaternary nitrogens is 1. The first-order valence-corrected chi connectivity index (χ1v) is 10.7. The Kier molecular flexibility index (Phi) is 5.39. The molecule has 2 heterocycles. The number of rotatable bonds is 2. The van der Waals surface area contributed by atoms with E-state index in [1.807, 2.05) is 13.8 Å². The largest absolute Gasteiger partial charge is 0.634 e. The Hall–Kier alpha value is -0.570. The van der Waals surface area contributed by atoms with Crippen LogP contribution in [0.4, 0.5) is 0 Å². The SMILES string of the molecule is COC1CC(OC)C2C(=O)[C@@]3(OC2C1Cl)C(=O)C1CCC(C)[NH+]([O-])C1C[C@H]3C. The van der Waals surface area contributed by atoms with Gasteiger partial charge in [-0.25, -0.2) is 0 Å². The van der Waals surface area contributed by atoms with Gasteiger partial charge in [0.2, 0.25) is 0 Å². The minimum atomic E-state index is -1.51. The van der Waals surface area contributed by atoms with Gasteiger partial charge < -0.3 is 24.5 Å². The van der Waals surface area contributed by atoms with Crippen molar-refractivity contribution in [3.8, 4) is 0 Å². The summed E-state index contributed by atoms with van der Waals surface area (Å²) in [4.78, 5) is 27.3. The van der Waals surface area contributed by atoms with E-state index in [1.165, 1.54) is 0 Å². The highest BCUT2D eigenvalue weighted by molar-refractivity contribution is 6.23. The Bertz CT molecular complexity index is 661. The molecule has 4 aliphatic rings. The number of methoxy groups -OCH3 is 2. The molecule has 8 heteroatoms. The van der Waals surface area contributed by atoms with Gasteiger partial charge in [0.25, 0.3) is 0 Å². The Balaban J connectivity index is 1.70. The summed E-state index contributed by atoms with van der Waals surface area (Å²) in [5, 5.41) is 12.3. The van der Waals surface area contributed by atoms with Crippen LogP contribution in [0.5, 0.6) is 0 Å². The summed E-state index contributed by atoms with van der Waals surface area (Å²) < 4.78 is 17.4. The van der Waals surface area contributed by atoms with Crippen molar-refractivity contribution in [2.75, 3.05) is 14.2 Å². The standard InChI is InChI=1S/C20H30ClNO6/c1-9-7-12-11(6-5-10(2)22(12)25)18(23)20(9)19(24)15-13(26-3)8-14(27-4)16(21)17(15)28-20/h9-17,22H,5-8H2,1-4H3/t9-,10?,11?,12?,13?,14?,15?,16?,17?,20+/m1/s1. The second-order valence-corrected chi connectivity index (χ2v) is 9.54. The third kappa shape index (κ3) is 2.67. The van der Waals surface area contributed by atoms with E-state index in [-0.39, 0.29) is 40.7 Å². The van der Waals surface area contributed by atoms with Gasteiger partial charge in [0.1, 0.15) is 0 Å². The number of hydrogen-bond donors (Lipinski definition) is 1. The van der Waals surface area contributed by atoms with Crippen molar-refractivity contribution in [3.63, 3.8) is 0 Å². The maximum Gasteiger partial charge on any atom is 0.188 e. The van der Waals surface area contributed by atoms with Crippen LogP contribution in [0.1, 0.15) is 39.5 Å². The molecule has 158 valence electrons. The van der Waals surface area contributed by atoms with Crippen LogP contribution < -0.4 is 5.06 Å². The summed E-state index contributed by atoms with van der Waals surface area (Å²) in [7, 11) is 3.14. The maximum absolute atomic E-state index is 13.7. The van der Waals surface area contributed by atoms with E-state index in [1.54, 1.807) is 14.2 Å². The number of piperidine rings is 1. The van der Waals surface area contributed by atoms with E-state index in [0.29, 0.717) is 25.7 Å². The van der Waals surface area contributed by atoms with Crippen LogP contribution in [0.3, 0.4) is 0 Å². The first-order valence-electron chi connectivity index (χ1n) is 10.3. The van der Waals surface area contributed by atoms with Crippen LogP contribution in [-0.4, -0.2) is 67.2 Å². The first-order chi connectivity index (χ1) is 13.3. The van der Waals surface area contributed by atoms with Crippen molar-refractivity contribution < 1.29 is 28.9 Å². The van der Waals surface area contributed by atoms with E-state index in [9.17, 15) is 14.8 Å². The van der Waals surface area contributed by atoms with Crippen LogP contribution in [0.2, 0.25) is 0 Å². The van der Waals surface area contributed by atoms with Crippen molar-refractivity contribution in [1.82, 2.24) is 0 Å². The minimum absolute atomic E-state index is 0.0226. The normalized spacial score (nSPS) is 53.9. The second kappa shape index (κ2) is 7.29. The molecule has 2 saturated carbocycles. The Morgan fingerprint density at radius 3 is 2.43 bits per heavy atom. The van der Waals surface area contributed by atoms with Gasteiger partial charge in [-0.2, -0.15) is 0 Å². The lowest BCUT2D eigenvalue weighted by Gasteiger charge is -2.51. The second-order valence-electron chi connectivity index (χ2n) is 9.03. The number of hydroxylamine groups is 2. The summed E-state index contributed by atoms with van der Waals surface area (Å²) in [6.07, 6.45) is 0.967. The number of alkyl halides is 1. The van der Waals surface area contributed by atoms with Crippen LogP contribution in [0.25, 0.3) is 0 Å². The number of carbonyl (C=O) groups is 2. The summed E-state index contributed by atoms with van der Waals surface area (Å²) >= 11 is 6.63. The zero-order chi connectivity index (χ0) is 20.4.